The van der Waals surface area contributed by atoms with E-state index in [1.807, 2.05) is 11.8 Å². The predicted molar refractivity (Wildman–Crippen MR) is 59.9 cm³/mol. The van der Waals surface area contributed by atoms with Gasteiger partial charge in [-0.2, -0.15) is 0 Å². The molecular weight excluding hydrogens is 168 g/mol. The molecule has 0 aliphatic carbocycles. The van der Waals surface area contributed by atoms with Gasteiger partial charge in [-0.3, -0.25) is 0 Å². The van der Waals surface area contributed by atoms with Crippen molar-refractivity contribution in [2.75, 3.05) is 6.26 Å². The molecule has 0 spiro atoms. The van der Waals surface area contributed by atoms with Crippen LogP contribution in [0.5, 0.6) is 0 Å². The molecule has 0 aliphatic rings. The quantitative estimate of drug-likeness (QED) is 0.590. The maximum Gasteiger partial charge on any atom is 0.0776 e. The van der Waals surface area contributed by atoms with Gasteiger partial charge in [-0.05, 0) is 11.7 Å². The summed E-state index contributed by atoms with van der Waals surface area (Å²) in [6.45, 7) is 7.01. The van der Waals surface area contributed by atoms with E-state index in [4.69, 9.17) is 0 Å². The fraction of sp³-hybridized carbons (Fsp3) is 0.778. The summed E-state index contributed by atoms with van der Waals surface area (Å²) in [6.07, 6.45) is 2.14. The van der Waals surface area contributed by atoms with Crippen molar-refractivity contribution in [3.05, 3.63) is 11.1 Å². The van der Waals surface area contributed by atoms with Gasteiger partial charge in [0.2, 0.25) is 0 Å². The highest BCUT2D eigenvalue weighted by Gasteiger charge is 2.22. The lowest BCUT2D eigenvalue weighted by Gasteiger charge is -2.23. The second kappa shape index (κ2) is 5.89. The fourth-order valence-electron chi connectivity index (χ4n) is 1.32. The van der Waals surface area contributed by atoms with Crippen molar-refractivity contribution in [3.8, 4) is 0 Å². The number of thioether (sulfide) groups is 1. The minimum absolute atomic E-state index is 0.940. The molecule has 2 heteroatoms. The highest BCUT2D eigenvalue weighted by Crippen LogP contribution is 2.22. The van der Waals surface area contributed by atoms with Gasteiger partial charge in [-0.25, -0.2) is 0 Å². The molecule has 0 fully saturated rings. The normalized spacial score (nSPS) is 12.7. The van der Waals surface area contributed by atoms with E-state index < -0.39 is 8.07 Å². The first-order chi connectivity index (χ1) is 5.24. The third kappa shape index (κ3) is 3.47. The zero-order chi connectivity index (χ0) is 8.74. The number of hydrogen-bond donors (Lipinski definition) is 0. The maximum atomic E-state index is 2.51. The molecule has 0 rings (SSSR count). The smallest absolute Gasteiger partial charge is 0.0776 e. The van der Waals surface area contributed by atoms with E-state index in [0.29, 0.717) is 0 Å². The van der Waals surface area contributed by atoms with Crippen LogP contribution in [0.1, 0.15) is 20.8 Å². The van der Waals surface area contributed by atoms with Gasteiger partial charge in [0.05, 0.1) is 8.07 Å². The Morgan fingerprint density at radius 2 is 1.55 bits per heavy atom. The third-order valence-corrected chi connectivity index (χ3v) is 8.42. The molecule has 66 valence electrons. The average Bonchev–Trinajstić information content (AvgIpc) is 2.08. The Labute approximate surface area is 76.5 Å². The third-order valence-electron chi connectivity index (χ3n) is 2.67. The van der Waals surface area contributed by atoms with Crippen molar-refractivity contribution < 1.29 is 0 Å². The summed E-state index contributed by atoms with van der Waals surface area (Å²) in [5.41, 5.74) is 2.51. The Hall–Kier alpha value is 0.307. The van der Waals surface area contributed by atoms with E-state index in [-0.39, 0.29) is 0 Å². The molecular formula is C9H20SSi. The average molecular weight is 188 g/mol. The molecule has 0 aromatic carbocycles. The zero-order valence-electron chi connectivity index (χ0n) is 8.18. The second-order valence-electron chi connectivity index (χ2n) is 2.96. The molecule has 0 unspecified atom stereocenters. The van der Waals surface area contributed by atoms with E-state index in [9.17, 15) is 0 Å². The van der Waals surface area contributed by atoms with Crippen molar-refractivity contribution in [3.63, 3.8) is 0 Å². The molecule has 0 heterocycles. The standard InChI is InChI=1S/C9H20SSi/c1-5-11(6-2,7-3)9-8-10-4/h8-9H,5-7H2,1-4H3/b9-8+. The van der Waals surface area contributed by atoms with E-state index in [0.717, 1.165) is 0 Å². The van der Waals surface area contributed by atoms with Crippen molar-refractivity contribution >= 4 is 19.8 Å². The van der Waals surface area contributed by atoms with Crippen LogP contribution in [-0.4, -0.2) is 14.3 Å². The van der Waals surface area contributed by atoms with Gasteiger partial charge in [-0.15, -0.1) is 11.8 Å². The van der Waals surface area contributed by atoms with Crippen LogP contribution in [0.15, 0.2) is 11.1 Å². The summed E-state index contributed by atoms with van der Waals surface area (Å²) in [6, 6.07) is 4.20. The Morgan fingerprint density at radius 1 is 1.09 bits per heavy atom. The van der Waals surface area contributed by atoms with Crippen LogP contribution in [0.3, 0.4) is 0 Å². The highest BCUT2D eigenvalue weighted by molar-refractivity contribution is 8.01. The van der Waals surface area contributed by atoms with Crippen LogP contribution < -0.4 is 0 Å². The molecule has 0 nitrogen and oxygen atoms in total. The summed E-state index contributed by atoms with van der Waals surface area (Å²) >= 11 is 1.83. The molecule has 0 N–H and O–H groups in total. The maximum absolute atomic E-state index is 2.51. The van der Waals surface area contributed by atoms with Gasteiger partial charge in [0.25, 0.3) is 0 Å². The van der Waals surface area contributed by atoms with Gasteiger partial charge in [0.15, 0.2) is 0 Å². The Morgan fingerprint density at radius 3 is 1.82 bits per heavy atom. The lowest BCUT2D eigenvalue weighted by Crippen LogP contribution is -2.28. The van der Waals surface area contributed by atoms with Crippen LogP contribution in [0.2, 0.25) is 18.1 Å². The lowest BCUT2D eigenvalue weighted by molar-refractivity contribution is 1.19. The number of rotatable bonds is 5. The molecule has 0 atom stereocenters. The van der Waals surface area contributed by atoms with Crippen molar-refractivity contribution in [1.29, 1.82) is 0 Å². The highest BCUT2D eigenvalue weighted by atomic mass is 32.2. The van der Waals surface area contributed by atoms with E-state index in [2.05, 4.69) is 38.1 Å². The molecule has 0 saturated heterocycles. The lowest BCUT2D eigenvalue weighted by atomic mass is 10.9. The minimum atomic E-state index is -0.940. The summed E-state index contributed by atoms with van der Waals surface area (Å²) < 4.78 is 0. The van der Waals surface area contributed by atoms with E-state index >= 15 is 0 Å². The Balaban J connectivity index is 4.16. The van der Waals surface area contributed by atoms with Gasteiger partial charge < -0.3 is 0 Å². The Kier molecular flexibility index (Phi) is 6.06. The first-order valence-corrected chi connectivity index (χ1v) is 8.43. The Bertz CT molecular complexity index is 108. The van der Waals surface area contributed by atoms with Crippen LogP contribution in [0, 0.1) is 0 Å². The van der Waals surface area contributed by atoms with Gasteiger partial charge in [-0.1, -0.05) is 44.6 Å². The van der Waals surface area contributed by atoms with Crippen molar-refractivity contribution in [1.82, 2.24) is 0 Å². The molecule has 11 heavy (non-hydrogen) atoms. The predicted octanol–water partition coefficient (Wildman–Crippen LogP) is 3.91. The monoisotopic (exact) mass is 188 g/mol. The fourth-order valence-corrected chi connectivity index (χ4v) is 5.22. The molecule has 0 aromatic rings. The molecule has 0 aromatic heterocycles. The largest absolute Gasteiger partial charge is 0.138 e. The summed E-state index contributed by atoms with van der Waals surface area (Å²) in [4.78, 5) is 0. The second-order valence-corrected chi connectivity index (χ2v) is 8.88. The molecule has 0 amide bonds. The van der Waals surface area contributed by atoms with E-state index in [1.54, 1.807) is 0 Å². The number of hydrogen-bond acceptors (Lipinski definition) is 1. The van der Waals surface area contributed by atoms with Crippen molar-refractivity contribution in [2.45, 2.75) is 38.9 Å². The van der Waals surface area contributed by atoms with Crippen LogP contribution in [0.4, 0.5) is 0 Å². The molecule has 0 saturated carbocycles. The summed E-state index contributed by atoms with van der Waals surface area (Å²) in [5, 5.41) is 2.28. The first-order valence-electron chi connectivity index (χ1n) is 4.45. The minimum Gasteiger partial charge on any atom is -0.138 e. The molecule has 0 aliphatic heterocycles. The topological polar surface area (TPSA) is 0 Å². The van der Waals surface area contributed by atoms with Gasteiger partial charge >= 0.3 is 0 Å². The van der Waals surface area contributed by atoms with Gasteiger partial charge in [0.1, 0.15) is 0 Å². The van der Waals surface area contributed by atoms with E-state index in [1.165, 1.54) is 18.1 Å². The summed E-state index contributed by atoms with van der Waals surface area (Å²) in [5.74, 6) is 0. The van der Waals surface area contributed by atoms with Crippen molar-refractivity contribution in [2.24, 2.45) is 0 Å². The van der Waals surface area contributed by atoms with Crippen LogP contribution in [-0.2, 0) is 0 Å². The molecule has 0 radical (unpaired) electrons. The first kappa shape index (κ1) is 11.3. The van der Waals surface area contributed by atoms with Crippen LogP contribution in [0.25, 0.3) is 0 Å². The zero-order valence-corrected chi connectivity index (χ0v) is 10.0. The van der Waals surface area contributed by atoms with Gasteiger partial charge in [0, 0.05) is 0 Å². The van der Waals surface area contributed by atoms with Crippen LogP contribution >= 0.6 is 11.8 Å². The summed E-state index contributed by atoms with van der Waals surface area (Å²) in [7, 11) is -0.940. The SMILES string of the molecule is CC[Si](/C=C/SC)(CC)CC. The molecule has 0 bridgehead atoms.